The molecule has 0 aliphatic carbocycles. The molecule has 1 heteroatoms. The van der Waals surface area contributed by atoms with E-state index in [2.05, 4.69) is 41.5 Å². The average Bonchev–Trinajstić information content (AvgIpc) is 2.00. The first-order valence-corrected chi connectivity index (χ1v) is 5.96. The lowest BCUT2D eigenvalue weighted by atomic mass is 9.79. The number of hydrogen-bond acceptors (Lipinski definition) is 1. The van der Waals surface area contributed by atoms with Gasteiger partial charge in [-0.2, -0.15) is 0 Å². The smallest absolute Gasteiger partial charge is 0.0591 e. The van der Waals surface area contributed by atoms with Crippen molar-refractivity contribution in [3.8, 4) is 0 Å². The first-order valence-electron chi connectivity index (χ1n) is 5.96. The second-order valence-electron chi connectivity index (χ2n) is 6.00. The van der Waals surface area contributed by atoms with Gasteiger partial charge in [0.25, 0.3) is 0 Å². The van der Waals surface area contributed by atoms with Crippen molar-refractivity contribution in [1.82, 2.24) is 0 Å². The number of aliphatic hydroxyl groups excluding tert-OH is 1. The Morgan fingerprint density at radius 1 is 1.07 bits per heavy atom. The Kier molecular flexibility index (Phi) is 5.73. The Bertz CT molecular complexity index is 146. The molecule has 0 saturated carbocycles. The molecular weight excluding hydrogens is 172 g/mol. The van der Waals surface area contributed by atoms with Crippen LogP contribution < -0.4 is 0 Å². The van der Waals surface area contributed by atoms with E-state index < -0.39 is 0 Å². The van der Waals surface area contributed by atoms with Gasteiger partial charge in [0.2, 0.25) is 0 Å². The quantitative estimate of drug-likeness (QED) is 0.714. The molecule has 0 aliphatic heterocycles. The zero-order chi connectivity index (χ0) is 11.4. The van der Waals surface area contributed by atoms with Crippen LogP contribution in [0.5, 0.6) is 0 Å². The summed E-state index contributed by atoms with van der Waals surface area (Å²) in [5.74, 6) is 0.855. The molecule has 86 valence electrons. The molecule has 0 aromatic carbocycles. The molecule has 0 spiro atoms. The molecule has 3 atom stereocenters. The van der Waals surface area contributed by atoms with Crippen LogP contribution >= 0.6 is 0 Å². The molecule has 0 fully saturated rings. The zero-order valence-corrected chi connectivity index (χ0v) is 10.8. The minimum absolute atomic E-state index is 0.130. The molecule has 3 unspecified atom stereocenters. The first-order chi connectivity index (χ1) is 6.28. The summed E-state index contributed by atoms with van der Waals surface area (Å²) in [7, 11) is 0. The van der Waals surface area contributed by atoms with Crippen LogP contribution in [0, 0.1) is 17.3 Å². The van der Waals surface area contributed by atoms with E-state index in [-0.39, 0.29) is 6.10 Å². The maximum absolute atomic E-state index is 10.1. The van der Waals surface area contributed by atoms with Gasteiger partial charge in [0.15, 0.2) is 0 Å². The van der Waals surface area contributed by atoms with Gasteiger partial charge >= 0.3 is 0 Å². The van der Waals surface area contributed by atoms with Crippen molar-refractivity contribution in [1.29, 1.82) is 0 Å². The lowest BCUT2D eigenvalue weighted by molar-refractivity contribution is 0.0428. The van der Waals surface area contributed by atoms with Crippen molar-refractivity contribution in [2.45, 2.75) is 66.9 Å². The third kappa shape index (κ3) is 5.64. The SMILES string of the molecule is CCCC(C)C(O)C(C)CC(C)(C)C. The van der Waals surface area contributed by atoms with Crippen molar-refractivity contribution in [2.75, 3.05) is 0 Å². The second-order valence-corrected chi connectivity index (χ2v) is 6.00. The largest absolute Gasteiger partial charge is 0.393 e. The van der Waals surface area contributed by atoms with Crippen LogP contribution in [-0.4, -0.2) is 11.2 Å². The molecule has 0 aromatic rings. The standard InChI is InChI=1S/C13H28O/c1-7-8-10(2)12(14)11(3)9-13(4,5)6/h10-12,14H,7-9H2,1-6H3. The van der Waals surface area contributed by atoms with Crippen LogP contribution in [0.1, 0.15) is 60.8 Å². The molecule has 0 rings (SSSR count). The predicted molar refractivity (Wildman–Crippen MR) is 63.3 cm³/mol. The van der Waals surface area contributed by atoms with Crippen molar-refractivity contribution >= 4 is 0 Å². The Hall–Kier alpha value is -0.0400. The summed E-state index contributed by atoms with van der Waals surface area (Å²) in [4.78, 5) is 0. The zero-order valence-electron chi connectivity index (χ0n) is 10.8. The minimum Gasteiger partial charge on any atom is -0.393 e. The highest BCUT2D eigenvalue weighted by Crippen LogP contribution is 2.29. The van der Waals surface area contributed by atoms with Gasteiger partial charge in [-0.15, -0.1) is 0 Å². The summed E-state index contributed by atoms with van der Waals surface area (Å²) in [5.41, 5.74) is 0.326. The Labute approximate surface area is 89.9 Å². The fourth-order valence-corrected chi connectivity index (χ4v) is 2.27. The highest BCUT2D eigenvalue weighted by Gasteiger charge is 2.24. The van der Waals surface area contributed by atoms with Gasteiger partial charge in [0.1, 0.15) is 0 Å². The van der Waals surface area contributed by atoms with Crippen LogP contribution in [-0.2, 0) is 0 Å². The van der Waals surface area contributed by atoms with E-state index in [0.717, 1.165) is 12.8 Å². The van der Waals surface area contributed by atoms with Gasteiger partial charge < -0.3 is 5.11 Å². The van der Waals surface area contributed by atoms with Gasteiger partial charge in [0.05, 0.1) is 6.10 Å². The molecule has 14 heavy (non-hydrogen) atoms. The summed E-state index contributed by atoms with van der Waals surface area (Å²) in [5, 5.41) is 10.1. The molecular formula is C13H28O. The first kappa shape index (κ1) is 14.0. The van der Waals surface area contributed by atoms with Gasteiger partial charge in [-0.25, -0.2) is 0 Å². The summed E-state index contributed by atoms with van der Waals surface area (Å²) in [6, 6.07) is 0. The van der Waals surface area contributed by atoms with E-state index in [1.165, 1.54) is 6.42 Å². The average molecular weight is 200 g/mol. The van der Waals surface area contributed by atoms with Crippen molar-refractivity contribution in [3.05, 3.63) is 0 Å². The number of rotatable bonds is 5. The molecule has 0 saturated heterocycles. The third-order valence-electron chi connectivity index (χ3n) is 2.84. The maximum Gasteiger partial charge on any atom is 0.0591 e. The van der Waals surface area contributed by atoms with Gasteiger partial charge in [-0.1, -0.05) is 48.0 Å². The summed E-state index contributed by atoms with van der Waals surface area (Å²) < 4.78 is 0. The van der Waals surface area contributed by atoms with E-state index in [1.807, 2.05) is 0 Å². The number of hydrogen-bond donors (Lipinski definition) is 1. The topological polar surface area (TPSA) is 20.2 Å². The minimum atomic E-state index is -0.130. The van der Waals surface area contributed by atoms with E-state index in [1.54, 1.807) is 0 Å². The maximum atomic E-state index is 10.1. The molecule has 0 aliphatic rings. The second kappa shape index (κ2) is 5.75. The predicted octanol–water partition coefficient (Wildman–Crippen LogP) is 3.86. The Morgan fingerprint density at radius 2 is 1.57 bits per heavy atom. The van der Waals surface area contributed by atoms with Crippen molar-refractivity contribution in [2.24, 2.45) is 17.3 Å². The number of aliphatic hydroxyl groups is 1. The van der Waals surface area contributed by atoms with Crippen LogP contribution in [0.15, 0.2) is 0 Å². The molecule has 1 N–H and O–H groups in total. The lowest BCUT2D eigenvalue weighted by Crippen LogP contribution is -2.28. The Balaban J connectivity index is 4.04. The van der Waals surface area contributed by atoms with Crippen LogP contribution in [0.2, 0.25) is 0 Å². The fourth-order valence-electron chi connectivity index (χ4n) is 2.27. The van der Waals surface area contributed by atoms with E-state index in [4.69, 9.17) is 0 Å². The third-order valence-corrected chi connectivity index (χ3v) is 2.84. The van der Waals surface area contributed by atoms with Gasteiger partial charge in [-0.05, 0) is 30.1 Å². The molecule has 0 aromatic heterocycles. The fraction of sp³-hybridized carbons (Fsp3) is 1.00. The van der Waals surface area contributed by atoms with Crippen LogP contribution in [0.25, 0.3) is 0 Å². The summed E-state index contributed by atoms with van der Waals surface area (Å²) in [6.45, 7) is 13.2. The van der Waals surface area contributed by atoms with Gasteiger partial charge in [-0.3, -0.25) is 0 Å². The highest BCUT2D eigenvalue weighted by atomic mass is 16.3. The molecule has 0 heterocycles. The van der Waals surface area contributed by atoms with E-state index in [9.17, 15) is 5.11 Å². The summed E-state index contributed by atoms with van der Waals surface area (Å²) in [6.07, 6.45) is 3.27. The van der Waals surface area contributed by atoms with E-state index >= 15 is 0 Å². The van der Waals surface area contributed by atoms with Crippen molar-refractivity contribution in [3.63, 3.8) is 0 Å². The normalized spacial score (nSPS) is 19.1. The Morgan fingerprint density at radius 3 is 1.93 bits per heavy atom. The van der Waals surface area contributed by atoms with Gasteiger partial charge in [0, 0.05) is 0 Å². The summed E-state index contributed by atoms with van der Waals surface area (Å²) >= 11 is 0. The molecule has 0 radical (unpaired) electrons. The van der Waals surface area contributed by atoms with Crippen LogP contribution in [0.4, 0.5) is 0 Å². The molecule has 0 amide bonds. The molecule has 1 nitrogen and oxygen atoms in total. The lowest BCUT2D eigenvalue weighted by Gasteiger charge is -2.30. The highest BCUT2D eigenvalue weighted by molar-refractivity contribution is 4.75. The van der Waals surface area contributed by atoms with Crippen LogP contribution in [0.3, 0.4) is 0 Å². The van der Waals surface area contributed by atoms with Crippen molar-refractivity contribution < 1.29 is 5.11 Å². The monoisotopic (exact) mass is 200 g/mol. The molecule has 0 bridgehead atoms. The van der Waals surface area contributed by atoms with E-state index in [0.29, 0.717) is 17.3 Å².